The highest BCUT2D eigenvalue weighted by molar-refractivity contribution is 7.81. The fraction of sp³-hybridized carbons (Fsp3) is 0.160. The number of aromatic nitrogens is 3. The zero-order chi connectivity index (χ0) is 25.5. The van der Waals surface area contributed by atoms with E-state index in [1.54, 1.807) is 17.7 Å². The summed E-state index contributed by atoms with van der Waals surface area (Å²) in [4.78, 5) is 12.9. The lowest BCUT2D eigenvalue weighted by Gasteiger charge is -2.17. The van der Waals surface area contributed by atoms with Crippen molar-refractivity contribution in [2.75, 3.05) is 4.31 Å². The van der Waals surface area contributed by atoms with Gasteiger partial charge in [0.1, 0.15) is 10.7 Å². The molecule has 11 heteroatoms. The van der Waals surface area contributed by atoms with Gasteiger partial charge in [0.2, 0.25) is 5.91 Å². The van der Waals surface area contributed by atoms with E-state index < -0.39 is 23.2 Å². The molecule has 0 spiro atoms. The van der Waals surface area contributed by atoms with E-state index in [0.717, 1.165) is 21.6 Å². The van der Waals surface area contributed by atoms with Gasteiger partial charge in [0.15, 0.2) is 0 Å². The van der Waals surface area contributed by atoms with Crippen LogP contribution in [-0.2, 0) is 29.0 Å². The van der Waals surface area contributed by atoms with Crippen molar-refractivity contribution in [2.45, 2.75) is 25.4 Å². The Hall–Kier alpha value is -3.82. The van der Waals surface area contributed by atoms with E-state index in [9.17, 15) is 13.6 Å². The third kappa shape index (κ3) is 6.24. The molecule has 2 atom stereocenters. The van der Waals surface area contributed by atoms with E-state index in [2.05, 4.69) is 16.2 Å². The number of nitrogens with one attached hydrogen (secondary N) is 1. The number of hydroxylamine groups is 1. The highest BCUT2D eigenvalue weighted by atomic mass is 32.2. The van der Waals surface area contributed by atoms with Crippen LogP contribution in [0.3, 0.4) is 0 Å². The minimum absolute atomic E-state index is 0.0354. The summed E-state index contributed by atoms with van der Waals surface area (Å²) < 4.78 is 25.0. The number of hydrogen-bond donors (Lipinski definition) is 3. The van der Waals surface area contributed by atoms with E-state index in [1.807, 2.05) is 60.7 Å². The second-order valence-corrected chi connectivity index (χ2v) is 9.86. The molecule has 0 fully saturated rings. The normalized spacial score (nSPS) is 12.5. The predicted octanol–water partition coefficient (Wildman–Crippen LogP) is 3.81. The fourth-order valence-electron chi connectivity index (χ4n) is 3.67. The zero-order valence-electron chi connectivity index (χ0n) is 19.0. The van der Waals surface area contributed by atoms with Crippen molar-refractivity contribution in [1.82, 2.24) is 20.5 Å². The Morgan fingerprint density at radius 2 is 1.92 bits per heavy atom. The van der Waals surface area contributed by atoms with Gasteiger partial charge in [-0.05, 0) is 41.8 Å². The second kappa shape index (κ2) is 11.7. The van der Waals surface area contributed by atoms with Crippen molar-refractivity contribution >= 4 is 33.5 Å². The molecule has 184 valence electrons. The molecular formula is C25H23N5O4S2. The third-order valence-corrected chi connectivity index (χ3v) is 7.44. The molecule has 0 radical (unpaired) electrons. The van der Waals surface area contributed by atoms with Crippen molar-refractivity contribution in [2.24, 2.45) is 0 Å². The summed E-state index contributed by atoms with van der Waals surface area (Å²) in [6, 6.07) is 20.4. The van der Waals surface area contributed by atoms with Gasteiger partial charge in [-0.2, -0.15) is 0 Å². The Labute approximate surface area is 214 Å². The Morgan fingerprint density at radius 3 is 2.58 bits per heavy atom. The number of benzene rings is 2. The first-order valence-corrected chi connectivity index (χ1v) is 12.8. The molecule has 1 unspecified atom stereocenters. The van der Waals surface area contributed by atoms with Crippen LogP contribution in [0.5, 0.6) is 0 Å². The van der Waals surface area contributed by atoms with Crippen LogP contribution in [0.4, 0.5) is 5.00 Å². The molecule has 2 aromatic carbocycles. The minimum atomic E-state index is -2.29. The number of nitrogens with zero attached hydrogens (tertiary/aromatic N) is 4. The number of terminal acetylenes is 1. The molecular weight excluding hydrogens is 498 g/mol. The van der Waals surface area contributed by atoms with Crippen molar-refractivity contribution in [1.29, 1.82) is 0 Å². The zero-order valence-corrected chi connectivity index (χ0v) is 20.7. The van der Waals surface area contributed by atoms with Gasteiger partial charge < -0.3 is 0 Å². The first-order chi connectivity index (χ1) is 17.5. The lowest BCUT2D eigenvalue weighted by atomic mass is 10.0. The first kappa shape index (κ1) is 25.3. The van der Waals surface area contributed by atoms with Crippen molar-refractivity contribution in [3.63, 3.8) is 0 Å². The summed E-state index contributed by atoms with van der Waals surface area (Å²) >= 11 is -0.897. The highest BCUT2D eigenvalue weighted by Crippen LogP contribution is 2.34. The Bertz CT molecular complexity index is 1380. The van der Waals surface area contributed by atoms with Crippen LogP contribution in [0, 0.1) is 12.3 Å². The minimum Gasteiger partial charge on any atom is -0.289 e. The lowest BCUT2D eigenvalue weighted by Crippen LogP contribution is -2.25. The van der Waals surface area contributed by atoms with E-state index in [-0.39, 0.29) is 13.0 Å². The summed E-state index contributed by atoms with van der Waals surface area (Å²) in [7, 11) is 0. The number of hydrogen-bond acceptors (Lipinski definition) is 6. The average Bonchev–Trinajstić information content (AvgIpc) is 3.58. The van der Waals surface area contributed by atoms with Gasteiger partial charge in [-0.15, -0.1) is 22.9 Å². The number of amides is 1. The molecule has 2 aromatic heterocycles. The number of anilines is 1. The number of rotatable bonds is 10. The number of thiophene rings is 1. The molecule has 4 aromatic rings. The number of carbonyl (C=O) groups is 1. The molecule has 0 aliphatic carbocycles. The highest BCUT2D eigenvalue weighted by Gasteiger charge is 2.21. The van der Waals surface area contributed by atoms with Crippen LogP contribution in [0.15, 0.2) is 72.9 Å². The largest absolute Gasteiger partial charge is 0.289 e. The summed E-state index contributed by atoms with van der Waals surface area (Å²) in [5, 5.41) is 18.0. The molecule has 1 amide bonds. The smallest absolute Gasteiger partial charge is 0.262 e. The third-order valence-electron chi connectivity index (χ3n) is 5.46. The molecule has 36 heavy (non-hydrogen) atoms. The standard InChI is InChI=1S/C25H23N5O4S2/c1-2-18-8-10-19(11-9-18)14-22(15-24(31)27-32)29-16-21(26-28-29)17-30(36(33)34)25-13-12-23(35-25)20-6-4-3-5-7-20/h1,3-13,16,22,32H,14-15,17H2,(H,27,31)(H,33,34)/t22-/m0/s1. The van der Waals surface area contributed by atoms with Crippen LogP contribution >= 0.6 is 11.3 Å². The van der Waals surface area contributed by atoms with Crippen LogP contribution < -0.4 is 9.79 Å². The van der Waals surface area contributed by atoms with Crippen molar-refractivity contribution in [3.8, 4) is 22.8 Å². The predicted molar refractivity (Wildman–Crippen MR) is 138 cm³/mol. The summed E-state index contributed by atoms with van der Waals surface area (Å²) in [5.41, 5.74) is 4.79. The molecule has 2 heterocycles. The van der Waals surface area contributed by atoms with Crippen LogP contribution in [0.25, 0.3) is 10.4 Å². The van der Waals surface area contributed by atoms with Gasteiger partial charge in [0.05, 0.1) is 25.2 Å². The molecule has 9 nitrogen and oxygen atoms in total. The van der Waals surface area contributed by atoms with Crippen LogP contribution in [0.2, 0.25) is 0 Å². The second-order valence-electron chi connectivity index (χ2n) is 7.90. The maximum atomic E-state index is 12.2. The maximum absolute atomic E-state index is 12.2. The summed E-state index contributed by atoms with van der Waals surface area (Å²) in [6.45, 7) is 0.0354. The van der Waals surface area contributed by atoms with E-state index in [1.165, 1.54) is 20.3 Å². The average molecular weight is 522 g/mol. The van der Waals surface area contributed by atoms with E-state index in [4.69, 9.17) is 11.6 Å². The summed E-state index contributed by atoms with van der Waals surface area (Å²) in [5.74, 6) is 1.99. The topological polar surface area (TPSA) is 121 Å². The Balaban J connectivity index is 1.53. The lowest BCUT2D eigenvalue weighted by molar-refractivity contribution is -0.130. The molecule has 0 saturated carbocycles. The summed E-state index contributed by atoms with van der Waals surface area (Å²) in [6.07, 6.45) is 7.44. The van der Waals surface area contributed by atoms with Gasteiger partial charge in [-0.25, -0.2) is 14.4 Å². The number of carbonyl (C=O) groups excluding carboxylic acids is 1. The SMILES string of the molecule is C#Cc1ccc(C[C@@H](CC(=O)NO)n2cc(CN(c3ccc(-c4ccccc4)s3)S(=O)O)nn2)cc1. The van der Waals surface area contributed by atoms with Gasteiger partial charge >= 0.3 is 0 Å². The Morgan fingerprint density at radius 1 is 1.17 bits per heavy atom. The van der Waals surface area contributed by atoms with Gasteiger partial charge in [0, 0.05) is 10.4 Å². The van der Waals surface area contributed by atoms with Gasteiger partial charge in [-0.1, -0.05) is 53.6 Å². The molecule has 3 N–H and O–H groups in total. The first-order valence-electron chi connectivity index (χ1n) is 10.9. The maximum Gasteiger partial charge on any atom is 0.262 e. The molecule has 0 aliphatic rings. The molecule has 4 rings (SSSR count). The van der Waals surface area contributed by atoms with Gasteiger partial charge in [0.25, 0.3) is 11.3 Å². The molecule has 0 aliphatic heterocycles. The molecule has 0 bridgehead atoms. The fourth-order valence-corrected chi connectivity index (χ4v) is 5.35. The van der Waals surface area contributed by atoms with Crippen LogP contribution in [0.1, 0.15) is 29.3 Å². The van der Waals surface area contributed by atoms with Crippen LogP contribution in [-0.4, -0.2) is 34.9 Å². The Kier molecular flexibility index (Phi) is 8.24. The van der Waals surface area contributed by atoms with E-state index in [0.29, 0.717) is 17.1 Å². The van der Waals surface area contributed by atoms with Crippen molar-refractivity contribution in [3.05, 3.63) is 89.7 Å². The quantitative estimate of drug-likeness (QED) is 0.126. The monoisotopic (exact) mass is 521 g/mol. The van der Waals surface area contributed by atoms with E-state index >= 15 is 0 Å². The van der Waals surface area contributed by atoms with Gasteiger partial charge in [-0.3, -0.25) is 18.9 Å². The molecule has 0 saturated heterocycles. The van der Waals surface area contributed by atoms with Crippen molar-refractivity contribution < 1.29 is 18.8 Å².